The third kappa shape index (κ3) is 1.23. The molecule has 0 aliphatic heterocycles. The van der Waals surface area contributed by atoms with Gasteiger partial charge < -0.3 is 10.1 Å². The van der Waals surface area contributed by atoms with Crippen molar-refractivity contribution in [3.05, 3.63) is 29.0 Å². The number of hydrogen-bond acceptors (Lipinski definition) is 2. The van der Waals surface area contributed by atoms with E-state index in [0.29, 0.717) is 23.7 Å². The molecule has 1 fully saturated rings. The lowest BCUT2D eigenvalue weighted by molar-refractivity contribution is -0.140. The van der Waals surface area contributed by atoms with Crippen LogP contribution in [0.1, 0.15) is 18.7 Å². The Balaban J connectivity index is 2.16. The molecular formula is C11H9ClN2O2. The van der Waals surface area contributed by atoms with Crippen LogP contribution in [0, 0.1) is 0 Å². The smallest absolute Gasteiger partial charge is 0.317 e. The molecule has 0 unspecified atom stereocenters. The second-order valence-corrected chi connectivity index (χ2v) is 4.57. The second-order valence-electron chi connectivity index (χ2n) is 4.13. The van der Waals surface area contributed by atoms with Gasteiger partial charge in [0.2, 0.25) is 0 Å². The molecule has 0 spiro atoms. The highest BCUT2D eigenvalue weighted by Gasteiger charge is 2.54. The largest absolute Gasteiger partial charge is 0.480 e. The van der Waals surface area contributed by atoms with Gasteiger partial charge in [0.05, 0.1) is 11.0 Å². The summed E-state index contributed by atoms with van der Waals surface area (Å²) >= 11 is 5.86. The molecule has 1 heterocycles. The number of carboxylic acid groups (broad SMARTS) is 1. The maximum atomic E-state index is 11.1. The van der Waals surface area contributed by atoms with Crippen molar-refractivity contribution in [2.24, 2.45) is 0 Å². The van der Waals surface area contributed by atoms with Gasteiger partial charge in [-0.1, -0.05) is 11.6 Å². The normalized spacial score (nSPS) is 17.6. The van der Waals surface area contributed by atoms with Gasteiger partial charge in [-0.25, -0.2) is 4.98 Å². The number of benzene rings is 1. The summed E-state index contributed by atoms with van der Waals surface area (Å²) in [6, 6.07) is 5.29. The molecule has 4 nitrogen and oxygen atoms in total. The standard InChI is InChI=1S/C11H9ClN2O2/c12-6-1-2-7-8(5-6)14-9(13-7)11(3-4-11)10(15)16/h1-2,5H,3-4H2,(H,13,14)(H,15,16). The number of carbonyl (C=O) groups is 1. The summed E-state index contributed by atoms with van der Waals surface area (Å²) in [5.41, 5.74) is 0.757. The van der Waals surface area contributed by atoms with E-state index in [-0.39, 0.29) is 0 Å². The Hall–Kier alpha value is -1.55. The Morgan fingerprint density at radius 1 is 1.50 bits per heavy atom. The second kappa shape index (κ2) is 2.98. The monoisotopic (exact) mass is 236 g/mol. The molecular weight excluding hydrogens is 228 g/mol. The van der Waals surface area contributed by atoms with E-state index in [0.717, 1.165) is 11.0 Å². The van der Waals surface area contributed by atoms with Crippen LogP contribution in [-0.2, 0) is 10.2 Å². The fraction of sp³-hybridized carbons (Fsp3) is 0.273. The number of aliphatic carboxylic acids is 1. The van der Waals surface area contributed by atoms with Gasteiger partial charge in [-0.15, -0.1) is 0 Å². The molecule has 0 radical (unpaired) electrons. The van der Waals surface area contributed by atoms with Crippen LogP contribution in [0.15, 0.2) is 18.2 Å². The van der Waals surface area contributed by atoms with Crippen molar-refractivity contribution in [1.82, 2.24) is 9.97 Å². The number of nitrogens with zero attached hydrogens (tertiary/aromatic N) is 1. The number of aromatic nitrogens is 2. The highest BCUT2D eigenvalue weighted by Crippen LogP contribution is 2.47. The fourth-order valence-corrected chi connectivity index (χ4v) is 2.06. The Morgan fingerprint density at radius 2 is 2.25 bits per heavy atom. The van der Waals surface area contributed by atoms with Gasteiger partial charge in [0.15, 0.2) is 0 Å². The van der Waals surface area contributed by atoms with Crippen LogP contribution >= 0.6 is 11.6 Å². The molecule has 0 atom stereocenters. The predicted molar refractivity (Wildman–Crippen MR) is 59.7 cm³/mol. The molecule has 1 aliphatic rings. The zero-order valence-corrected chi connectivity index (χ0v) is 9.08. The average Bonchev–Trinajstić information content (AvgIpc) is 2.94. The van der Waals surface area contributed by atoms with E-state index in [2.05, 4.69) is 9.97 Å². The van der Waals surface area contributed by atoms with Crippen LogP contribution < -0.4 is 0 Å². The molecule has 3 rings (SSSR count). The number of hydrogen-bond donors (Lipinski definition) is 2. The van der Waals surface area contributed by atoms with Crippen molar-refractivity contribution in [2.75, 3.05) is 0 Å². The molecule has 16 heavy (non-hydrogen) atoms. The minimum Gasteiger partial charge on any atom is -0.480 e. The summed E-state index contributed by atoms with van der Waals surface area (Å²) < 4.78 is 0. The van der Waals surface area contributed by atoms with Gasteiger partial charge >= 0.3 is 5.97 Å². The van der Waals surface area contributed by atoms with Gasteiger partial charge in [-0.05, 0) is 31.0 Å². The first-order valence-electron chi connectivity index (χ1n) is 5.01. The molecule has 82 valence electrons. The Morgan fingerprint density at radius 3 is 2.88 bits per heavy atom. The molecule has 5 heteroatoms. The maximum Gasteiger partial charge on any atom is 0.317 e. The Bertz CT molecular complexity index is 587. The number of aromatic amines is 1. The van der Waals surface area contributed by atoms with Gasteiger partial charge in [0, 0.05) is 5.02 Å². The zero-order valence-electron chi connectivity index (χ0n) is 8.33. The van der Waals surface area contributed by atoms with Crippen molar-refractivity contribution in [1.29, 1.82) is 0 Å². The van der Waals surface area contributed by atoms with Crippen LogP contribution in [0.5, 0.6) is 0 Å². The van der Waals surface area contributed by atoms with Crippen LogP contribution in [0.2, 0.25) is 5.02 Å². The van der Waals surface area contributed by atoms with E-state index in [1.54, 1.807) is 18.2 Å². The van der Waals surface area contributed by atoms with E-state index in [1.165, 1.54) is 0 Å². The summed E-state index contributed by atoms with van der Waals surface area (Å²) in [6.45, 7) is 0. The van der Waals surface area contributed by atoms with E-state index in [4.69, 9.17) is 16.7 Å². The van der Waals surface area contributed by atoms with Crippen molar-refractivity contribution in [3.8, 4) is 0 Å². The molecule has 0 amide bonds. The maximum absolute atomic E-state index is 11.1. The number of fused-ring (bicyclic) bond motifs is 1. The van der Waals surface area contributed by atoms with E-state index in [9.17, 15) is 4.79 Å². The summed E-state index contributed by atoms with van der Waals surface area (Å²) in [5, 5.41) is 9.76. The zero-order chi connectivity index (χ0) is 11.3. The third-order valence-corrected chi connectivity index (χ3v) is 3.29. The van der Waals surface area contributed by atoms with Gasteiger partial charge in [0.1, 0.15) is 11.2 Å². The van der Waals surface area contributed by atoms with Crippen molar-refractivity contribution in [2.45, 2.75) is 18.3 Å². The average molecular weight is 237 g/mol. The lowest BCUT2D eigenvalue weighted by Gasteiger charge is -2.03. The number of imidazole rings is 1. The quantitative estimate of drug-likeness (QED) is 0.841. The third-order valence-electron chi connectivity index (χ3n) is 3.06. The molecule has 1 aromatic heterocycles. The summed E-state index contributed by atoms with van der Waals surface area (Å²) in [7, 11) is 0. The highest BCUT2D eigenvalue weighted by atomic mass is 35.5. The molecule has 1 saturated carbocycles. The fourth-order valence-electron chi connectivity index (χ4n) is 1.89. The lowest BCUT2D eigenvalue weighted by atomic mass is 10.1. The minimum atomic E-state index is -0.808. The molecule has 1 aromatic carbocycles. The minimum absolute atomic E-state index is 0.539. The molecule has 2 aromatic rings. The number of carboxylic acids is 1. The van der Waals surface area contributed by atoms with Crippen LogP contribution in [-0.4, -0.2) is 21.0 Å². The molecule has 2 N–H and O–H groups in total. The number of H-pyrrole nitrogens is 1. The van der Waals surface area contributed by atoms with Crippen LogP contribution in [0.25, 0.3) is 11.0 Å². The van der Waals surface area contributed by atoms with Crippen LogP contribution in [0.3, 0.4) is 0 Å². The first kappa shape index (κ1) is 9.66. The number of rotatable bonds is 2. The van der Waals surface area contributed by atoms with Gasteiger partial charge in [0.25, 0.3) is 0 Å². The van der Waals surface area contributed by atoms with E-state index >= 15 is 0 Å². The summed E-state index contributed by atoms with van der Waals surface area (Å²) in [5.74, 6) is -0.269. The number of nitrogens with one attached hydrogen (secondary N) is 1. The SMILES string of the molecule is O=C(O)C1(c2nc3ccc(Cl)cc3[nH]2)CC1. The Labute approximate surface area is 96.3 Å². The van der Waals surface area contributed by atoms with Gasteiger partial charge in [-0.2, -0.15) is 0 Å². The molecule has 0 saturated heterocycles. The molecule has 1 aliphatic carbocycles. The highest BCUT2D eigenvalue weighted by molar-refractivity contribution is 6.31. The number of halogens is 1. The van der Waals surface area contributed by atoms with Gasteiger partial charge in [-0.3, -0.25) is 4.79 Å². The Kier molecular flexibility index (Phi) is 1.80. The van der Waals surface area contributed by atoms with Crippen molar-refractivity contribution in [3.63, 3.8) is 0 Å². The van der Waals surface area contributed by atoms with Crippen LogP contribution in [0.4, 0.5) is 0 Å². The van der Waals surface area contributed by atoms with E-state index in [1.807, 2.05) is 0 Å². The summed E-state index contributed by atoms with van der Waals surface area (Å²) in [6.07, 6.45) is 1.30. The topological polar surface area (TPSA) is 66.0 Å². The first-order chi connectivity index (χ1) is 7.62. The summed E-state index contributed by atoms with van der Waals surface area (Å²) in [4.78, 5) is 18.5. The van der Waals surface area contributed by atoms with Crippen molar-refractivity contribution >= 4 is 28.6 Å². The van der Waals surface area contributed by atoms with Crippen molar-refractivity contribution < 1.29 is 9.90 Å². The lowest BCUT2D eigenvalue weighted by Crippen LogP contribution is -2.20. The molecule has 0 bridgehead atoms. The first-order valence-corrected chi connectivity index (χ1v) is 5.39. The van der Waals surface area contributed by atoms with E-state index < -0.39 is 11.4 Å². The predicted octanol–water partition coefficient (Wildman–Crippen LogP) is 2.33.